The van der Waals surface area contributed by atoms with Crippen molar-refractivity contribution >= 4 is 17.3 Å². The molecule has 1 aromatic carbocycles. The smallest absolute Gasteiger partial charge is 0.233 e. The van der Waals surface area contributed by atoms with Crippen LogP contribution in [0, 0.1) is 11.2 Å². The standard InChI is InChI=1S/C23H32FN3O2/c1-17-3-2-10-26(17)19-6-11-25(16-19)18-4-5-21(20(24)15-18)27-12-7-23(22(27)28)8-13-29-14-9-23/h4-5,15,17,19H,2-3,6-14,16H2,1H3. The first-order chi connectivity index (χ1) is 14.1. The van der Waals surface area contributed by atoms with E-state index in [0.717, 1.165) is 44.5 Å². The average molecular weight is 402 g/mol. The van der Waals surface area contributed by atoms with Gasteiger partial charge < -0.3 is 14.5 Å². The lowest BCUT2D eigenvalue weighted by Gasteiger charge is -2.31. The molecule has 4 aliphatic heterocycles. The van der Waals surface area contributed by atoms with Gasteiger partial charge in [-0.15, -0.1) is 0 Å². The molecule has 158 valence electrons. The molecule has 5 rings (SSSR count). The number of carbonyl (C=O) groups is 1. The van der Waals surface area contributed by atoms with Crippen molar-refractivity contribution in [2.75, 3.05) is 49.2 Å². The minimum atomic E-state index is -0.335. The molecule has 0 aliphatic carbocycles. The lowest BCUT2D eigenvalue weighted by atomic mass is 9.79. The number of hydrogen-bond donors (Lipinski definition) is 0. The van der Waals surface area contributed by atoms with Gasteiger partial charge in [-0.05, 0) is 70.2 Å². The van der Waals surface area contributed by atoms with Crippen LogP contribution >= 0.6 is 0 Å². The molecule has 4 heterocycles. The number of halogens is 1. The molecule has 5 nitrogen and oxygen atoms in total. The normalized spacial score (nSPS) is 30.1. The fourth-order valence-electron chi connectivity index (χ4n) is 5.93. The largest absolute Gasteiger partial charge is 0.381 e. The van der Waals surface area contributed by atoms with Crippen molar-refractivity contribution in [1.29, 1.82) is 0 Å². The molecule has 4 aliphatic rings. The van der Waals surface area contributed by atoms with Gasteiger partial charge in [0.05, 0.1) is 11.1 Å². The molecule has 6 heteroatoms. The summed E-state index contributed by atoms with van der Waals surface area (Å²) >= 11 is 0. The Bertz CT molecular complexity index is 779. The van der Waals surface area contributed by atoms with Crippen LogP contribution in [-0.4, -0.2) is 62.3 Å². The van der Waals surface area contributed by atoms with E-state index in [0.29, 0.717) is 37.5 Å². The molecule has 2 unspecified atom stereocenters. The summed E-state index contributed by atoms with van der Waals surface area (Å²) < 4.78 is 20.5. The molecule has 1 amide bonds. The van der Waals surface area contributed by atoms with Crippen LogP contribution < -0.4 is 9.80 Å². The van der Waals surface area contributed by atoms with E-state index in [1.165, 1.54) is 19.4 Å². The average Bonchev–Trinajstić information content (AvgIpc) is 3.44. The summed E-state index contributed by atoms with van der Waals surface area (Å²) in [5.41, 5.74) is 1.04. The lowest BCUT2D eigenvalue weighted by Crippen LogP contribution is -2.39. The first-order valence-corrected chi connectivity index (χ1v) is 11.3. The second-order valence-corrected chi connectivity index (χ2v) is 9.35. The summed E-state index contributed by atoms with van der Waals surface area (Å²) in [5, 5.41) is 0. The Hall–Kier alpha value is -1.66. The molecule has 4 fully saturated rings. The van der Waals surface area contributed by atoms with Crippen LogP contribution in [0.4, 0.5) is 15.8 Å². The van der Waals surface area contributed by atoms with E-state index in [2.05, 4.69) is 16.7 Å². The van der Waals surface area contributed by atoms with Crippen molar-refractivity contribution < 1.29 is 13.9 Å². The van der Waals surface area contributed by atoms with Gasteiger partial charge in [0.1, 0.15) is 5.82 Å². The van der Waals surface area contributed by atoms with Crippen molar-refractivity contribution in [2.24, 2.45) is 5.41 Å². The van der Waals surface area contributed by atoms with Crippen molar-refractivity contribution in [1.82, 2.24) is 4.90 Å². The summed E-state index contributed by atoms with van der Waals surface area (Å²) in [6, 6.07) is 6.68. The molecular weight excluding hydrogens is 369 g/mol. The maximum absolute atomic E-state index is 15.1. The highest BCUT2D eigenvalue weighted by Crippen LogP contribution is 2.43. The first-order valence-electron chi connectivity index (χ1n) is 11.3. The highest BCUT2D eigenvalue weighted by molar-refractivity contribution is 6.00. The number of carbonyl (C=O) groups excluding carboxylic acids is 1. The summed E-state index contributed by atoms with van der Waals surface area (Å²) in [6.45, 7) is 7.32. The minimum absolute atomic E-state index is 0.0803. The van der Waals surface area contributed by atoms with Gasteiger partial charge >= 0.3 is 0 Å². The SMILES string of the molecule is CC1CCCN1C1CCN(c2ccc(N3CCC4(CCOCC4)C3=O)c(F)c2)C1. The molecular formula is C23H32FN3O2. The van der Waals surface area contributed by atoms with Crippen LogP contribution in [0.1, 0.15) is 45.4 Å². The number of amides is 1. The third-order valence-electron chi connectivity index (χ3n) is 7.79. The van der Waals surface area contributed by atoms with Crippen molar-refractivity contribution in [2.45, 2.75) is 57.5 Å². The van der Waals surface area contributed by atoms with E-state index < -0.39 is 0 Å². The highest BCUT2D eigenvalue weighted by atomic mass is 19.1. The second kappa shape index (κ2) is 7.55. The second-order valence-electron chi connectivity index (χ2n) is 9.35. The topological polar surface area (TPSA) is 36.0 Å². The summed E-state index contributed by atoms with van der Waals surface area (Å²) in [7, 11) is 0. The molecule has 0 N–H and O–H groups in total. The van der Waals surface area contributed by atoms with E-state index in [4.69, 9.17) is 4.74 Å². The van der Waals surface area contributed by atoms with Gasteiger partial charge in [0.2, 0.25) is 5.91 Å². The molecule has 0 aromatic heterocycles. The quantitative estimate of drug-likeness (QED) is 0.778. The zero-order valence-corrected chi connectivity index (χ0v) is 17.4. The fraction of sp³-hybridized carbons (Fsp3) is 0.696. The van der Waals surface area contributed by atoms with Gasteiger partial charge in [0.15, 0.2) is 0 Å². The van der Waals surface area contributed by atoms with Crippen molar-refractivity contribution in [3.63, 3.8) is 0 Å². The van der Waals surface area contributed by atoms with Crippen molar-refractivity contribution in [3.8, 4) is 0 Å². The molecule has 1 aromatic rings. The van der Waals surface area contributed by atoms with Crippen LogP contribution in [0.25, 0.3) is 0 Å². The van der Waals surface area contributed by atoms with E-state index in [1.54, 1.807) is 11.0 Å². The Labute approximate surface area is 172 Å². The van der Waals surface area contributed by atoms with Gasteiger partial charge in [0, 0.05) is 50.6 Å². The molecule has 0 saturated carbocycles. The summed E-state index contributed by atoms with van der Waals surface area (Å²) in [5.74, 6) is -0.199. The van der Waals surface area contributed by atoms with Gasteiger partial charge in [-0.1, -0.05) is 0 Å². The van der Waals surface area contributed by atoms with Crippen LogP contribution in [0.5, 0.6) is 0 Å². The van der Waals surface area contributed by atoms with E-state index >= 15 is 4.39 Å². The highest BCUT2D eigenvalue weighted by Gasteiger charge is 2.48. The predicted molar refractivity (Wildman–Crippen MR) is 112 cm³/mol. The number of nitrogens with zero attached hydrogens (tertiary/aromatic N) is 3. The van der Waals surface area contributed by atoms with Crippen LogP contribution in [0.3, 0.4) is 0 Å². The van der Waals surface area contributed by atoms with Crippen LogP contribution in [0.2, 0.25) is 0 Å². The van der Waals surface area contributed by atoms with E-state index in [1.807, 2.05) is 12.1 Å². The molecule has 1 spiro atoms. The zero-order valence-electron chi connectivity index (χ0n) is 17.4. The van der Waals surface area contributed by atoms with Gasteiger partial charge in [-0.3, -0.25) is 9.69 Å². The van der Waals surface area contributed by atoms with Gasteiger partial charge in [-0.25, -0.2) is 4.39 Å². The summed E-state index contributed by atoms with van der Waals surface area (Å²) in [4.78, 5) is 19.7. The number of ether oxygens (including phenoxy) is 1. The minimum Gasteiger partial charge on any atom is -0.381 e. The summed E-state index contributed by atoms with van der Waals surface area (Å²) in [6.07, 6.45) is 6.04. The van der Waals surface area contributed by atoms with E-state index in [9.17, 15) is 4.79 Å². The maximum atomic E-state index is 15.1. The molecule has 0 radical (unpaired) electrons. The zero-order chi connectivity index (χ0) is 20.0. The molecule has 4 saturated heterocycles. The Kier molecular flexibility index (Phi) is 5.03. The fourth-order valence-corrected chi connectivity index (χ4v) is 5.93. The van der Waals surface area contributed by atoms with Gasteiger partial charge in [0.25, 0.3) is 0 Å². The third kappa shape index (κ3) is 3.34. The molecule has 2 atom stereocenters. The number of rotatable bonds is 3. The first kappa shape index (κ1) is 19.3. The number of likely N-dealkylation sites (tertiary alicyclic amines) is 1. The predicted octanol–water partition coefficient (Wildman–Crippen LogP) is 3.42. The van der Waals surface area contributed by atoms with Gasteiger partial charge in [-0.2, -0.15) is 0 Å². The Morgan fingerprint density at radius 2 is 1.93 bits per heavy atom. The Morgan fingerprint density at radius 3 is 2.66 bits per heavy atom. The monoisotopic (exact) mass is 401 g/mol. The Balaban J connectivity index is 1.29. The number of benzene rings is 1. The number of anilines is 2. The Morgan fingerprint density at radius 1 is 1.10 bits per heavy atom. The lowest BCUT2D eigenvalue weighted by molar-refractivity contribution is -0.130. The molecule has 0 bridgehead atoms. The maximum Gasteiger partial charge on any atom is 0.233 e. The molecule has 29 heavy (non-hydrogen) atoms. The third-order valence-corrected chi connectivity index (χ3v) is 7.79. The van der Waals surface area contributed by atoms with Crippen LogP contribution in [-0.2, 0) is 9.53 Å². The number of hydrogen-bond acceptors (Lipinski definition) is 4. The van der Waals surface area contributed by atoms with Crippen LogP contribution in [0.15, 0.2) is 18.2 Å². The van der Waals surface area contributed by atoms with E-state index in [-0.39, 0.29) is 17.1 Å². The van der Waals surface area contributed by atoms with Crippen molar-refractivity contribution in [3.05, 3.63) is 24.0 Å².